The Morgan fingerprint density at radius 3 is 2.38 bits per heavy atom. The fraction of sp³-hybridized carbons (Fsp3) is 0.235. The van der Waals surface area contributed by atoms with Crippen LogP contribution in [0.4, 0.5) is 11.5 Å². The molecule has 0 radical (unpaired) electrons. The minimum absolute atomic E-state index is 0.367. The van der Waals surface area contributed by atoms with Crippen molar-refractivity contribution in [2.45, 2.75) is 6.42 Å². The fourth-order valence-electron chi connectivity index (χ4n) is 1.96. The predicted molar refractivity (Wildman–Crippen MR) is 95.4 cm³/mol. The SMILES string of the molecule is CN(C)c1ccc(NC(=O)C(=O)NCCc2ccc(Cl)cc2)cn1. The van der Waals surface area contributed by atoms with Crippen LogP contribution in [0.3, 0.4) is 0 Å². The van der Waals surface area contributed by atoms with E-state index in [2.05, 4.69) is 15.6 Å². The monoisotopic (exact) mass is 346 g/mol. The molecule has 126 valence electrons. The summed E-state index contributed by atoms with van der Waals surface area (Å²) in [4.78, 5) is 29.6. The highest BCUT2D eigenvalue weighted by atomic mass is 35.5. The lowest BCUT2D eigenvalue weighted by molar-refractivity contribution is -0.136. The first-order valence-corrected chi connectivity index (χ1v) is 7.80. The van der Waals surface area contributed by atoms with Gasteiger partial charge in [0.25, 0.3) is 0 Å². The number of carbonyl (C=O) groups excluding carboxylic acids is 2. The van der Waals surface area contributed by atoms with Gasteiger partial charge in [-0.2, -0.15) is 0 Å². The van der Waals surface area contributed by atoms with Gasteiger partial charge in [-0.1, -0.05) is 23.7 Å². The normalized spacial score (nSPS) is 10.1. The first kappa shape index (κ1) is 17.7. The van der Waals surface area contributed by atoms with E-state index in [9.17, 15) is 9.59 Å². The maximum Gasteiger partial charge on any atom is 0.313 e. The van der Waals surface area contributed by atoms with E-state index in [4.69, 9.17) is 11.6 Å². The summed E-state index contributed by atoms with van der Waals surface area (Å²) in [5, 5.41) is 5.76. The molecular weight excluding hydrogens is 328 g/mol. The maximum atomic E-state index is 11.8. The molecule has 2 amide bonds. The number of nitrogens with zero attached hydrogens (tertiary/aromatic N) is 2. The highest BCUT2D eigenvalue weighted by Gasteiger charge is 2.13. The minimum Gasteiger partial charge on any atom is -0.363 e. The number of nitrogens with one attached hydrogen (secondary N) is 2. The van der Waals surface area contributed by atoms with Gasteiger partial charge < -0.3 is 15.5 Å². The third-order valence-electron chi connectivity index (χ3n) is 3.28. The number of benzene rings is 1. The molecular formula is C17H19ClN4O2. The van der Waals surface area contributed by atoms with Crippen LogP contribution in [0.2, 0.25) is 5.02 Å². The van der Waals surface area contributed by atoms with Gasteiger partial charge >= 0.3 is 11.8 Å². The van der Waals surface area contributed by atoms with Crippen molar-refractivity contribution in [2.24, 2.45) is 0 Å². The van der Waals surface area contributed by atoms with Crippen molar-refractivity contribution in [2.75, 3.05) is 30.9 Å². The van der Waals surface area contributed by atoms with Gasteiger partial charge in [0.05, 0.1) is 11.9 Å². The van der Waals surface area contributed by atoms with Crippen LogP contribution >= 0.6 is 11.6 Å². The van der Waals surface area contributed by atoms with Crippen LogP contribution in [0.1, 0.15) is 5.56 Å². The van der Waals surface area contributed by atoms with Gasteiger partial charge in [-0.25, -0.2) is 4.98 Å². The smallest absolute Gasteiger partial charge is 0.313 e. The minimum atomic E-state index is -0.717. The molecule has 7 heteroatoms. The molecule has 6 nitrogen and oxygen atoms in total. The highest BCUT2D eigenvalue weighted by molar-refractivity contribution is 6.39. The Hall–Kier alpha value is -2.60. The molecule has 1 heterocycles. The van der Waals surface area contributed by atoms with Gasteiger partial charge in [0.15, 0.2) is 0 Å². The molecule has 0 aliphatic heterocycles. The zero-order valence-corrected chi connectivity index (χ0v) is 14.3. The van der Waals surface area contributed by atoms with Crippen molar-refractivity contribution >= 4 is 34.9 Å². The number of hydrogen-bond donors (Lipinski definition) is 2. The number of anilines is 2. The Kier molecular flexibility index (Phi) is 6.14. The Balaban J connectivity index is 1.79. The fourth-order valence-corrected chi connectivity index (χ4v) is 2.09. The van der Waals surface area contributed by atoms with E-state index in [1.54, 1.807) is 24.3 Å². The van der Waals surface area contributed by atoms with Crippen LogP contribution in [-0.4, -0.2) is 37.4 Å². The zero-order chi connectivity index (χ0) is 17.5. The van der Waals surface area contributed by atoms with E-state index in [1.807, 2.05) is 31.1 Å². The summed E-state index contributed by atoms with van der Waals surface area (Å²) >= 11 is 5.81. The molecule has 0 spiro atoms. The summed E-state index contributed by atoms with van der Waals surface area (Å²) in [6.45, 7) is 0.367. The molecule has 1 aromatic carbocycles. The van der Waals surface area contributed by atoms with Crippen molar-refractivity contribution in [1.29, 1.82) is 0 Å². The van der Waals surface area contributed by atoms with Crippen LogP contribution in [0.25, 0.3) is 0 Å². The second-order valence-corrected chi connectivity index (χ2v) is 5.82. The lowest BCUT2D eigenvalue weighted by atomic mass is 10.1. The van der Waals surface area contributed by atoms with Crippen LogP contribution < -0.4 is 15.5 Å². The second-order valence-electron chi connectivity index (χ2n) is 5.39. The number of carbonyl (C=O) groups is 2. The lowest BCUT2D eigenvalue weighted by Gasteiger charge is -2.11. The molecule has 2 aromatic rings. The molecule has 2 N–H and O–H groups in total. The summed E-state index contributed by atoms with van der Waals surface area (Å²) in [7, 11) is 3.74. The average Bonchev–Trinajstić information content (AvgIpc) is 2.57. The number of pyridine rings is 1. The highest BCUT2D eigenvalue weighted by Crippen LogP contribution is 2.11. The van der Waals surface area contributed by atoms with Crippen LogP contribution in [0.15, 0.2) is 42.6 Å². The van der Waals surface area contributed by atoms with E-state index in [0.717, 1.165) is 11.4 Å². The molecule has 0 saturated heterocycles. The van der Waals surface area contributed by atoms with E-state index in [1.165, 1.54) is 6.20 Å². The lowest BCUT2D eigenvalue weighted by Crippen LogP contribution is -2.36. The standard InChI is InChI=1S/C17H19ClN4O2/c1-22(2)15-8-7-14(11-20-15)21-17(24)16(23)19-10-9-12-3-5-13(18)6-4-12/h3-8,11H,9-10H2,1-2H3,(H,19,23)(H,21,24). The van der Waals surface area contributed by atoms with Crippen molar-refractivity contribution < 1.29 is 9.59 Å². The van der Waals surface area contributed by atoms with Gasteiger partial charge in [0.1, 0.15) is 5.82 Å². The molecule has 0 unspecified atom stereocenters. The molecule has 0 aliphatic carbocycles. The third kappa shape index (κ3) is 5.24. The first-order chi connectivity index (χ1) is 11.5. The number of rotatable bonds is 5. The topological polar surface area (TPSA) is 74.3 Å². The average molecular weight is 347 g/mol. The maximum absolute atomic E-state index is 11.8. The van der Waals surface area contributed by atoms with Gasteiger partial charge in [-0.05, 0) is 36.2 Å². The molecule has 1 aromatic heterocycles. The largest absolute Gasteiger partial charge is 0.363 e. The van der Waals surface area contributed by atoms with Gasteiger partial charge in [0.2, 0.25) is 0 Å². The molecule has 0 saturated carbocycles. The predicted octanol–water partition coefficient (Wildman–Crippen LogP) is 2.10. The Bertz CT molecular complexity index is 700. The van der Waals surface area contributed by atoms with Gasteiger partial charge in [-0.15, -0.1) is 0 Å². The molecule has 0 fully saturated rings. The molecule has 2 rings (SSSR count). The van der Waals surface area contributed by atoms with Crippen molar-refractivity contribution in [3.63, 3.8) is 0 Å². The van der Waals surface area contributed by atoms with Gasteiger partial charge in [-0.3, -0.25) is 9.59 Å². The van der Waals surface area contributed by atoms with E-state index in [0.29, 0.717) is 23.7 Å². The number of aromatic nitrogens is 1. The van der Waals surface area contributed by atoms with Crippen LogP contribution in [0.5, 0.6) is 0 Å². The summed E-state index contributed by atoms with van der Waals surface area (Å²) in [6.07, 6.45) is 2.13. The summed E-state index contributed by atoms with van der Waals surface area (Å²) < 4.78 is 0. The van der Waals surface area contributed by atoms with Crippen molar-refractivity contribution in [1.82, 2.24) is 10.3 Å². The van der Waals surface area contributed by atoms with Crippen LogP contribution in [-0.2, 0) is 16.0 Å². The van der Waals surface area contributed by atoms with Crippen molar-refractivity contribution in [3.05, 3.63) is 53.2 Å². The molecule has 0 aliphatic rings. The molecule has 0 atom stereocenters. The first-order valence-electron chi connectivity index (χ1n) is 7.42. The quantitative estimate of drug-likeness (QED) is 0.813. The summed E-state index contributed by atoms with van der Waals surface area (Å²) in [6, 6.07) is 10.8. The van der Waals surface area contributed by atoms with E-state index in [-0.39, 0.29) is 0 Å². The Morgan fingerprint density at radius 2 is 1.79 bits per heavy atom. The summed E-state index contributed by atoms with van der Waals surface area (Å²) in [5.74, 6) is -0.633. The zero-order valence-electron chi connectivity index (χ0n) is 13.5. The number of amides is 2. The summed E-state index contributed by atoms with van der Waals surface area (Å²) in [5.41, 5.74) is 1.50. The Labute approximate surface area is 145 Å². The van der Waals surface area contributed by atoms with Crippen LogP contribution in [0, 0.1) is 0 Å². The van der Waals surface area contributed by atoms with E-state index < -0.39 is 11.8 Å². The molecule has 24 heavy (non-hydrogen) atoms. The third-order valence-corrected chi connectivity index (χ3v) is 3.53. The van der Waals surface area contributed by atoms with E-state index >= 15 is 0 Å². The van der Waals surface area contributed by atoms with Gasteiger partial charge in [0, 0.05) is 25.7 Å². The second kappa shape index (κ2) is 8.31. The van der Waals surface area contributed by atoms with Crippen molar-refractivity contribution in [3.8, 4) is 0 Å². The Morgan fingerprint density at radius 1 is 1.08 bits per heavy atom. The molecule has 0 bridgehead atoms. The number of hydrogen-bond acceptors (Lipinski definition) is 4. The number of halogens is 1.